The molecule has 8 nitrogen and oxygen atoms in total. The molecule has 162 valence electrons. The molecule has 1 aliphatic rings. The van der Waals surface area contributed by atoms with Crippen LogP contribution < -0.4 is 10.1 Å². The van der Waals surface area contributed by atoms with Gasteiger partial charge in [0.2, 0.25) is 5.91 Å². The molecule has 2 aromatic rings. The maximum atomic E-state index is 12.6. The fourth-order valence-corrected chi connectivity index (χ4v) is 2.80. The summed E-state index contributed by atoms with van der Waals surface area (Å²) in [4.78, 5) is 49.9. The monoisotopic (exact) mass is 435 g/mol. The first-order chi connectivity index (χ1) is 14.5. The Morgan fingerprint density at radius 3 is 1.77 bits per heavy atom. The largest absolute Gasteiger partial charge is 0.457 e. The third-order valence-corrected chi connectivity index (χ3v) is 4.53. The summed E-state index contributed by atoms with van der Waals surface area (Å²) in [5.41, 5.74) is -0.560. The van der Waals surface area contributed by atoms with Crippen LogP contribution in [0.15, 0.2) is 48.5 Å². The average molecular weight is 435 g/mol. The van der Waals surface area contributed by atoms with Crippen LogP contribution in [0.3, 0.4) is 0 Å². The predicted molar refractivity (Wildman–Crippen MR) is 101 cm³/mol. The Morgan fingerprint density at radius 2 is 1.32 bits per heavy atom. The minimum Gasteiger partial charge on any atom is -0.457 e. The first-order valence-corrected chi connectivity index (χ1v) is 8.84. The summed E-state index contributed by atoms with van der Waals surface area (Å²) in [6.07, 6.45) is -4.45. The highest BCUT2D eigenvalue weighted by Crippen LogP contribution is 2.31. The number of halogens is 3. The van der Waals surface area contributed by atoms with E-state index in [0.29, 0.717) is 9.80 Å². The number of imide groups is 2. The highest BCUT2D eigenvalue weighted by atomic mass is 19.4. The van der Waals surface area contributed by atoms with Crippen molar-refractivity contribution >= 4 is 29.4 Å². The SMILES string of the molecule is CN1C(=O)C(C(=O)Nc2ccc(Oc3ccc(C(F)(F)F)cc3)cc2)C(=O)N(C)C1=O. The maximum absolute atomic E-state index is 12.6. The third-order valence-electron chi connectivity index (χ3n) is 4.53. The lowest BCUT2D eigenvalue weighted by Gasteiger charge is -2.32. The van der Waals surface area contributed by atoms with Crippen molar-refractivity contribution in [2.75, 3.05) is 19.4 Å². The van der Waals surface area contributed by atoms with Crippen molar-refractivity contribution in [3.05, 3.63) is 54.1 Å². The van der Waals surface area contributed by atoms with Gasteiger partial charge in [0, 0.05) is 19.8 Å². The highest BCUT2D eigenvalue weighted by Gasteiger charge is 2.46. The topological polar surface area (TPSA) is 96.0 Å². The van der Waals surface area contributed by atoms with Gasteiger partial charge in [-0.2, -0.15) is 13.2 Å². The van der Waals surface area contributed by atoms with E-state index in [0.717, 1.165) is 12.1 Å². The molecular formula is C20H16F3N3O5. The molecule has 1 saturated heterocycles. The van der Waals surface area contributed by atoms with Gasteiger partial charge in [0.15, 0.2) is 5.92 Å². The van der Waals surface area contributed by atoms with Crippen molar-refractivity contribution < 1.29 is 37.1 Å². The van der Waals surface area contributed by atoms with Crippen LogP contribution in [-0.4, -0.2) is 47.6 Å². The van der Waals surface area contributed by atoms with Gasteiger partial charge in [0.1, 0.15) is 11.5 Å². The first-order valence-electron chi connectivity index (χ1n) is 8.84. The van der Waals surface area contributed by atoms with Crippen LogP contribution in [0.2, 0.25) is 0 Å². The molecule has 3 rings (SSSR count). The molecule has 0 atom stereocenters. The van der Waals surface area contributed by atoms with Gasteiger partial charge in [-0.1, -0.05) is 0 Å². The molecule has 0 aliphatic carbocycles. The van der Waals surface area contributed by atoms with Gasteiger partial charge in [-0.25, -0.2) is 4.79 Å². The molecular weight excluding hydrogens is 419 g/mol. The molecule has 5 amide bonds. The van der Waals surface area contributed by atoms with Crippen LogP contribution >= 0.6 is 0 Å². The van der Waals surface area contributed by atoms with E-state index in [-0.39, 0.29) is 17.2 Å². The summed E-state index contributed by atoms with van der Waals surface area (Å²) < 4.78 is 43.3. The van der Waals surface area contributed by atoms with Crippen LogP contribution in [0.5, 0.6) is 11.5 Å². The number of amides is 5. The van der Waals surface area contributed by atoms with Crippen LogP contribution in [0.1, 0.15) is 5.56 Å². The number of urea groups is 1. The molecule has 0 spiro atoms. The summed E-state index contributed by atoms with van der Waals surface area (Å²) in [7, 11) is 2.34. The number of barbiturate groups is 1. The van der Waals surface area contributed by atoms with E-state index in [1.54, 1.807) is 0 Å². The van der Waals surface area contributed by atoms with Gasteiger partial charge in [-0.05, 0) is 48.5 Å². The lowest BCUT2D eigenvalue weighted by molar-refractivity contribution is -0.151. The number of nitrogens with zero attached hydrogens (tertiary/aromatic N) is 2. The number of carbonyl (C=O) groups is 4. The van der Waals surface area contributed by atoms with Crippen molar-refractivity contribution in [1.29, 1.82) is 0 Å². The zero-order valence-electron chi connectivity index (χ0n) is 16.3. The molecule has 31 heavy (non-hydrogen) atoms. The van der Waals surface area contributed by atoms with Crippen LogP contribution in [0.25, 0.3) is 0 Å². The van der Waals surface area contributed by atoms with E-state index < -0.39 is 41.4 Å². The minimum atomic E-state index is -4.45. The highest BCUT2D eigenvalue weighted by molar-refractivity contribution is 6.27. The van der Waals surface area contributed by atoms with Crippen molar-refractivity contribution in [3.63, 3.8) is 0 Å². The smallest absolute Gasteiger partial charge is 0.416 e. The second kappa shape index (κ2) is 8.09. The quantitative estimate of drug-likeness (QED) is 0.745. The van der Waals surface area contributed by atoms with Gasteiger partial charge >= 0.3 is 12.2 Å². The molecule has 11 heteroatoms. The van der Waals surface area contributed by atoms with Crippen molar-refractivity contribution in [2.45, 2.75) is 6.18 Å². The number of anilines is 1. The Bertz CT molecular complexity index is 1010. The van der Waals surface area contributed by atoms with E-state index in [1.807, 2.05) is 0 Å². The zero-order valence-corrected chi connectivity index (χ0v) is 16.3. The lowest BCUT2D eigenvalue weighted by Crippen LogP contribution is -2.59. The van der Waals surface area contributed by atoms with E-state index in [9.17, 15) is 32.3 Å². The average Bonchev–Trinajstić information content (AvgIpc) is 2.72. The molecule has 1 aliphatic heterocycles. The molecule has 0 saturated carbocycles. The summed E-state index contributed by atoms with van der Waals surface area (Å²) in [5.74, 6) is -4.01. The zero-order chi connectivity index (χ0) is 22.9. The van der Waals surface area contributed by atoms with Crippen molar-refractivity contribution in [2.24, 2.45) is 5.92 Å². The van der Waals surface area contributed by atoms with Crippen molar-refractivity contribution in [3.8, 4) is 11.5 Å². The van der Waals surface area contributed by atoms with Gasteiger partial charge in [0.25, 0.3) is 11.8 Å². The second-order valence-corrected chi connectivity index (χ2v) is 6.65. The number of nitrogens with one attached hydrogen (secondary N) is 1. The molecule has 0 bridgehead atoms. The standard InChI is InChI=1S/C20H16F3N3O5/c1-25-17(28)15(18(29)26(2)19(25)30)16(27)24-12-5-9-14(10-6-12)31-13-7-3-11(4-8-13)20(21,22)23/h3-10,15H,1-2H3,(H,24,27). The second-order valence-electron chi connectivity index (χ2n) is 6.65. The Balaban J connectivity index is 1.66. The number of hydrogen-bond donors (Lipinski definition) is 1. The fraction of sp³-hybridized carbons (Fsp3) is 0.200. The van der Waals surface area contributed by atoms with E-state index in [4.69, 9.17) is 4.74 Å². The van der Waals surface area contributed by atoms with E-state index in [1.165, 1.54) is 50.5 Å². The molecule has 2 aromatic carbocycles. The number of benzene rings is 2. The van der Waals surface area contributed by atoms with Gasteiger partial charge in [-0.15, -0.1) is 0 Å². The van der Waals surface area contributed by atoms with Crippen molar-refractivity contribution in [1.82, 2.24) is 9.80 Å². The van der Waals surface area contributed by atoms with Gasteiger partial charge in [-0.3, -0.25) is 24.2 Å². The Hall–Kier alpha value is -3.89. The fourth-order valence-electron chi connectivity index (χ4n) is 2.80. The lowest BCUT2D eigenvalue weighted by atomic mass is 10.0. The van der Waals surface area contributed by atoms with Gasteiger partial charge in [0.05, 0.1) is 5.56 Å². The van der Waals surface area contributed by atoms with E-state index in [2.05, 4.69) is 5.32 Å². The maximum Gasteiger partial charge on any atom is 0.416 e. The van der Waals surface area contributed by atoms with E-state index >= 15 is 0 Å². The summed E-state index contributed by atoms with van der Waals surface area (Å²) >= 11 is 0. The predicted octanol–water partition coefficient (Wildman–Crippen LogP) is 3.10. The summed E-state index contributed by atoms with van der Waals surface area (Å²) in [6, 6.07) is 9.03. The normalized spacial score (nSPS) is 15.3. The minimum absolute atomic E-state index is 0.180. The number of ether oxygens (including phenoxy) is 1. The Morgan fingerprint density at radius 1 is 0.871 bits per heavy atom. The first kappa shape index (κ1) is 21.8. The molecule has 0 unspecified atom stereocenters. The molecule has 1 heterocycles. The number of carbonyl (C=O) groups excluding carboxylic acids is 4. The van der Waals surface area contributed by atoms with Crippen LogP contribution in [0.4, 0.5) is 23.7 Å². The Labute approximate surface area is 174 Å². The Kier molecular flexibility index (Phi) is 5.69. The molecule has 1 N–H and O–H groups in total. The molecule has 1 fully saturated rings. The molecule has 0 radical (unpaired) electrons. The number of rotatable bonds is 4. The summed E-state index contributed by atoms with van der Waals surface area (Å²) in [6.45, 7) is 0. The number of hydrogen-bond acceptors (Lipinski definition) is 5. The summed E-state index contributed by atoms with van der Waals surface area (Å²) in [5, 5.41) is 2.42. The van der Waals surface area contributed by atoms with Crippen LogP contribution in [0, 0.1) is 5.92 Å². The molecule has 0 aromatic heterocycles. The van der Waals surface area contributed by atoms with Crippen LogP contribution in [-0.2, 0) is 20.6 Å². The third kappa shape index (κ3) is 4.49. The van der Waals surface area contributed by atoms with Gasteiger partial charge < -0.3 is 10.1 Å². The number of alkyl halides is 3.